The summed E-state index contributed by atoms with van der Waals surface area (Å²) in [5, 5.41) is 27.7. The smallest absolute Gasteiger partial charge is 0.451 e. The van der Waals surface area contributed by atoms with Crippen molar-refractivity contribution < 1.29 is 60.5 Å². The van der Waals surface area contributed by atoms with Crippen LogP contribution in [0.2, 0.25) is 0 Å². The van der Waals surface area contributed by atoms with Crippen LogP contribution in [0.25, 0.3) is 0 Å². The maximum atomic E-state index is 13.7. The van der Waals surface area contributed by atoms with Gasteiger partial charge in [0.25, 0.3) is 0 Å². The molecule has 3 rings (SSSR count). The zero-order valence-corrected chi connectivity index (χ0v) is 36.5. The lowest BCUT2D eigenvalue weighted by Crippen LogP contribution is -2.46. The number of unbranched alkanes of at least 4 members (excludes halogenated alkanes) is 1. The number of carbonyl (C=O) groups excluding carboxylic acids is 3. The highest BCUT2D eigenvalue weighted by Gasteiger charge is 2.40. The number of aliphatic carboxylic acids is 1. The molecule has 0 aliphatic carbocycles. The number of aliphatic hydroxyl groups excluding tert-OH is 1. The lowest BCUT2D eigenvalue weighted by atomic mass is 9.87. The summed E-state index contributed by atoms with van der Waals surface area (Å²) in [5.74, 6) is -7.25. The number of amides is 2. The zero-order chi connectivity index (χ0) is 47.7. The fraction of sp³-hybridized carbons (Fsp3) is 0.511. The molecule has 2 aromatic rings. The Morgan fingerprint density at radius 3 is 2.02 bits per heavy atom. The van der Waals surface area contributed by atoms with Gasteiger partial charge in [-0.2, -0.15) is 13.2 Å². The van der Waals surface area contributed by atoms with Gasteiger partial charge in [0.2, 0.25) is 17.6 Å². The highest BCUT2D eigenvalue weighted by molar-refractivity contribution is 5.82. The maximum absolute atomic E-state index is 13.7. The lowest BCUT2D eigenvalue weighted by Gasteiger charge is -2.29. The van der Waals surface area contributed by atoms with Gasteiger partial charge in [-0.1, -0.05) is 81.5 Å². The van der Waals surface area contributed by atoms with Crippen molar-refractivity contribution in [1.82, 2.24) is 25.0 Å². The zero-order valence-electron chi connectivity index (χ0n) is 36.5. The van der Waals surface area contributed by atoms with Crippen molar-refractivity contribution in [3.8, 4) is 0 Å². The topological polar surface area (TPSA) is 190 Å². The molecule has 354 valence electrons. The minimum Gasteiger partial charge on any atom is -0.481 e. The van der Waals surface area contributed by atoms with Gasteiger partial charge in [0, 0.05) is 50.0 Å². The summed E-state index contributed by atoms with van der Waals surface area (Å²) in [6, 6.07) is 0.184. The van der Waals surface area contributed by atoms with E-state index >= 15 is 0 Å². The number of carboxylic acids is 1. The molecule has 64 heavy (non-hydrogen) atoms. The molecule has 1 aromatic carbocycles. The molecule has 1 aliphatic heterocycles. The molecule has 2 amide bonds. The summed E-state index contributed by atoms with van der Waals surface area (Å²) >= 11 is 0. The Balaban J connectivity index is 0.000000451. The van der Waals surface area contributed by atoms with Crippen molar-refractivity contribution in [2.75, 3.05) is 19.7 Å². The molecule has 13 nitrogen and oxygen atoms in total. The number of benzene rings is 1. The Kier molecular flexibility index (Phi) is 24.1. The van der Waals surface area contributed by atoms with E-state index in [9.17, 15) is 50.6 Å². The second kappa shape index (κ2) is 28.3. The van der Waals surface area contributed by atoms with Gasteiger partial charge in [-0.05, 0) is 63.0 Å². The monoisotopic (exact) mass is 910 g/mol. The number of hydrogen-bond donors (Lipinski definition) is 4. The van der Waals surface area contributed by atoms with Crippen LogP contribution in [0, 0.1) is 22.9 Å². The molecule has 0 saturated carbocycles. The normalized spacial score (nSPS) is 14.3. The molecule has 2 atom stereocenters. The van der Waals surface area contributed by atoms with Crippen molar-refractivity contribution in [2.24, 2.45) is 11.1 Å². The second-order valence-corrected chi connectivity index (χ2v) is 15.5. The van der Waals surface area contributed by atoms with Gasteiger partial charge in [-0.3, -0.25) is 19.2 Å². The van der Waals surface area contributed by atoms with Crippen LogP contribution >= 0.6 is 0 Å². The van der Waals surface area contributed by atoms with E-state index in [1.807, 2.05) is 6.08 Å². The Morgan fingerprint density at radius 2 is 1.44 bits per heavy atom. The minimum absolute atomic E-state index is 0.000783. The highest BCUT2D eigenvalue weighted by Crippen LogP contribution is 2.29. The van der Waals surface area contributed by atoms with Crippen LogP contribution in [-0.4, -0.2) is 85.5 Å². The number of aromatic nitrogens is 3. The van der Waals surface area contributed by atoms with E-state index in [1.165, 1.54) is 4.90 Å². The molecule has 5 N–H and O–H groups in total. The third kappa shape index (κ3) is 20.7. The van der Waals surface area contributed by atoms with Gasteiger partial charge < -0.3 is 35.5 Å². The third-order valence-corrected chi connectivity index (χ3v) is 9.51. The van der Waals surface area contributed by atoms with E-state index in [0.717, 1.165) is 43.1 Å². The van der Waals surface area contributed by atoms with Crippen LogP contribution in [-0.2, 0) is 49.6 Å². The quantitative estimate of drug-likeness (QED) is 0.0271. The number of nitrogens with two attached hydrogens (primary N) is 1. The number of halogens is 6. The number of nitrogens with one attached hydrogen (secondary N) is 1. The van der Waals surface area contributed by atoms with Crippen molar-refractivity contribution in [2.45, 2.75) is 123 Å². The summed E-state index contributed by atoms with van der Waals surface area (Å²) in [6.07, 6.45) is 21.1. The number of alkyl halides is 3. The number of carbonyl (C=O) groups is 4. The molecular weight excluding hydrogens is 851 g/mol. The van der Waals surface area contributed by atoms with Crippen molar-refractivity contribution >= 4 is 23.8 Å². The predicted molar refractivity (Wildman–Crippen MR) is 227 cm³/mol. The van der Waals surface area contributed by atoms with E-state index in [2.05, 4.69) is 77.1 Å². The summed E-state index contributed by atoms with van der Waals surface area (Å²) < 4.78 is 84.5. The number of esters is 1. The summed E-state index contributed by atoms with van der Waals surface area (Å²) in [7, 11) is 0. The number of rotatable bonds is 24. The average Bonchev–Trinajstić information content (AvgIpc) is 3.67. The number of fused-ring (bicyclic) bond motifs is 1. The van der Waals surface area contributed by atoms with Crippen molar-refractivity contribution in [3.05, 3.63) is 108 Å². The Labute approximate surface area is 369 Å². The molecule has 1 aromatic heterocycles. The number of aliphatic hydroxyl groups is 1. The minimum atomic E-state index is -4.64. The molecule has 0 spiro atoms. The Morgan fingerprint density at radius 1 is 0.859 bits per heavy atom. The summed E-state index contributed by atoms with van der Waals surface area (Å²) in [4.78, 5) is 48.0. The first-order valence-electron chi connectivity index (χ1n) is 21.0. The van der Waals surface area contributed by atoms with E-state index in [1.54, 1.807) is 13.8 Å². The van der Waals surface area contributed by atoms with Gasteiger partial charge in [0.1, 0.15) is 11.9 Å². The summed E-state index contributed by atoms with van der Waals surface area (Å²) in [5.41, 5.74) is 4.65. The molecule has 2 unspecified atom stereocenters. The van der Waals surface area contributed by atoms with Crippen LogP contribution in [0.3, 0.4) is 0 Å². The van der Waals surface area contributed by atoms with Gasteiger partial charge in [-0.25, -0.2) is 13.2 Å². The first-order valence-corrected chi connectivity index (χ1v) is 21.0. The van der Waals surface area contributed by atoms with Crippen LogP contribution in [0.5, 0.6) is 0 Å². The number of nitrogens with zero attached hydrogens (tertiary/aromatic N) is 4. The van der Waals surface area contributed by atoms with Crippen LogP contribution in [0.15, 0.2) is 72.9 Å². The van der Waals surface area contributed by atoms with E-state index in [0.29, 0.717) is 18.6 Å². The molecule has 0 bridgehead atoms. The SMILES string of the molecule is CCC=CCC=CCC=CCC=CCC=CCCCC(=O)OCC(C)(C)C(O)C(=O)NCCC(=O)O.NC(CC(=O)N1CCn2c(nnc2C(F)(F)F)C1)Cc1cc(F)c(F)cc1F. The third-order valence-electron chi connectivity index (χ3n) is 9.51. The standard InChI is InChI=1S/C29H45NO6.C16H15F6N5O/c1-4-5-6-7-8-9-10-11-12-13-14-15-16-17-18-19-20-21-26(33)36-24-29(2,3)27(34)28(35)30-23-22-25(31)32;17-10-6-12(19)11(18)4-8(10)3-9(23)5-14(28)26-1-2-27-13(7-26)24-25-15(27)16(20,21)22/h5-6,8-9,11-12,14-15,17-18,27,34H,4,7,10,13,16,19-24H2,1-3H3,(H,30,35)(H,31,32);4,6,9H,1-3,5,7,23H2. The van der Waals surface area contributed by atoms with Gasteiger partial charge in [-0.15, -0.1) is 10.2 Å². The second-order valence-electron chi connectivity index (χ2n) is 15.5. The van der Waals surface area contributed by atoms with E-state index < -0.39 is 64.8 Å². The first kappa shape index (κ1) is 54.6. The van der Waals surface area contributed by atoms with E-state index in [-0.39, 0.29) is 75.8 Å². The number of carboxylic acid groups (broad SMARTS) is 1. The molecule has 1 aliphatic rings. The van der Waals surface area contributed by atoms with Gasteiger partial charge >= 0.3 is 18.1 Å². The van der Waals surface area contributed by atoms with Crippen molar-refractivity contribution in [1.29, 1.82) is 0 Å². The largest absolute Gasteiger partial charge is 0.481 e. The van der Waals surface area contributed by atoms with Crippen LogP contribution in [0.4, 0.5) is 26.3 Å². The highest BCUT2D eigenvalue weighted by atomic mass is 19.4. The first-order chi connectivity index (χ1) is 30.3. The Hall–Kier alpha value is -5.56. The fourth-order valence-corrected chi connectivity index (χ4v) is 5.90. The molecule has 2 heterocycles. The van der Waals surface area contributed by atoms with Crippen LogP contribution in [0.1, 0.15) is 102 Å². The van der Waals surface area contributed by atoms with Gasteiger partial charge in [0.15, 0.2) is 17.5 Å². The lowest BCUT2D eigenvalue weighted by molar-refractivity contribution is -0.153. The molecule has 0 fully saturated rings. The summed E-state index contributed by atoms with van der Waals surface area (Å²) in [6.45, 7) is 4.87. The molecule has 0 saturated heterocycles. The number of ether oxygens (including phenoxy) is 1. The van der Waals surface area contributed by atoms with Crippen LogP contribution < -0.4 is 11.1 Å². The molecular formula is C45H60F6N6O7. The maximum Gasteiger partial charge on any atom is 0.451 e. The molecule has 0 radical (unpaired) electrons. The number of allylic oxidation sites excluding steroid dienone is 10. The van der Waals surface area contributed by atoms with E-state index in [4.69, 9.17) is 15.6 Å². The average molecular weight is 911 g/mol. The fourth-order valence-electron chi connectivity index (χ4n) is 5.90. The van der Waals surface area contributed by atoms with Gasteiger partial charge in [0.05, 0.1) is 19.6 Å². The molecule has 19 heteroatoms. The number of hydrogen-bond acceptors (Lipinski definition) is 9. The predicted octanol–water partition coefficient (Wildman–Crippen LogP) is 7.45. The Bertz CT molecular complexity index is 1960. The van der Waals surface area contributed by atoms with Crippen molar-refractivity contribution in [3.63, 3.8) is 0 Å².